The van der Waals surface area contributed by atoms with Crippen LogP contribution in [0.2, 0.25) is 0 Å². The molecule has 3 rings (SSSR count). The van der Waals surface area contributed by atoms with Crippen molar-refractivity contribution in [1.82, 2.24) is 4.31 Å². The first-order valence-corrected chi connectivity index (χ1v) is 12.1. The Morgan fingerprint density at radius 1 is 0.853 bits per heavy atom. The SMILES string of the molecule is CCN(CC)S(=O)(=O)c1cccc(C(=O)Oc2cccc(NC(=O)c3ccc(OC)cc3)c2)c1. The third-order valence-electron chi connectivity index (χ3n) is 5.07. The Hall–Kier alpha value is -3.69. The summed E-state index contributed by atoms with van der Waals surface area (Å²) in [4.78, 5) is 25.2. The molecule has 8 nitrogen and oxygen atoms in total. The summed E-state index contributed by atoms with van der Waals surface area (Å²) >= 11 is 0. The zero-order valence-corrected chi connectivity index (χ0v) is 20.0. The Balaban J connectivity index is 1.73. The van der Waals surface area contributed by atoms with Crippen LogP contribution in [0.1, 0.15) is 34.6 Å². The van der Waals surface area contributed by atoms with E-state index < -0.39 is 16.0 Å². The topological polar surface area (TPSA) is 102 Å². The molecule has 1 N–H and O–H groups in total. The van der Waals surface area contributed by atoms with Crippen molar-refractivity contribution in [3.63, 3.8) is 0 Å². The van der Waals surface area contributed by atoms with Crippen molar-refractivity contribution in [3.05, 3.63) is 83.9 Å². The minimum Gasteiger partial charge on any atom is -0.497 e. The van der Waals surface area contributed by atoms with Gasteiger partial charge in [0, 0.05) is 30.4 Å². The Morgan fingerprint density at radius 3 is 2.18 bits per heavy atom. The summed E-state index contributed by atoms with van der Waals surface area (Å²) in [5.41, 5.74) is 0.972. The van der Waals surface area contributed by atoms with E-state index in [-0.39, 0.29) is 22.1 Å². The van der Waals surface area contributed by atoms with Gasteiger partial charge in [-0.05, 0) is 54.6 Å². The summed E-state index contributed by atoms with van der Waals surface area (Å²) in [7, 11) is -2.17. The molecule has 3 aromatic carbocycles. The molecule has 0 aromatic heterocycles. The highest BCUT2D eigenvalue weighted by Gasteiger charge is 2.23. The van der Waals surface area contributed by atoms with Crippen LogP contribution in [-0.2, 0) is 10.0 Å². The van der Waals surface area contributed by atoms with Crippen LogP contribution in [0.15, 0.2) is 77.7 Å². The molecule has 34 heavy (non-hydrogen) atoms. The number of esters is 1. The van der Waals surface area contributed by atoms with E-state index in [9.17, 15) is 18.0 Å². The molecule has 3 aromatic rings. The number of carbonyl (C=O) groups excluding carboxylic acids is 2. The number of anilines is 1. The molecule has 0 aliphatic carbocycles. The van der Waals surface area contributed by atoms with Gasteiger partial charge in [0.05, 0.1) is 17.6 Å². The predicted molar refractivity (Wildman–Crippen MR) is 129 cm³/mol. The van der Waals surface area contributed by atoms with Crippen molar-refractivity contribution in [1.29, 1.82) is 0 Å². The van der Waals surface area contributed by atoms with Gasteiger partial charge in [0.25, 0.3) is 5.91 Å². The zero-order chi connectivity index (χ0) is 24.7. The Bertz CT molecular complexity index is 1270. The van der Waals surface area contributed by atoms with E-state index in [0.717, 1.165) is 0 Å². The first kappa shape index (κ1) is 24.9. The van der Waals surface area contributed by atoms with Crippen molar-refractivity contribution in [3.8, 4) is 11.5 Å². The lowest BCUT2D eigenvalue weighted by atomic mass is 10.2. The lowest BCUT2D eigenvalue weighted by molar-refractivity contribution is 0.0734. The number of rotatable bonds is 9. The average Bonchev–Trinajstić information content (AvgIpc) is 2.85. The maximum atomic E-state index is 12.8. The van der Waals surface area contributed by atoms with Crippen molar-refractivity contribution < 1.29 is 27.5 Å². The number of nitrogens with one attached hydrogen (secondary N) is 1. The molecule has 1 amide bonds. The summed E-state index contributed by atoms with van der Waals surface area (Å²) < 4.78 is 37.3. The summed E-state index contributed by atoms with van der Waals surface area (Å²) in [6.45, 7) is 4.14. The second-order valence-corrected chi connectivity index (χ2v) is 9.16. The van der Waals surface area contributed by atoms with Gasteiger partial charge >= 0.3 is 5.97 Å². The van der Waals surface area contributed by atoms with Crippen molar-refractivity contribution in [2.24, 2.45) is 0 Å². The normalized spacial score (nSPS) is 11.2. The molecule has 0 fully saturated rings. The van der Waals surface area contributed by atoms with Crippen LogP contribution in [0.25, 0.3) is 0 Å². The van der Waals surface area contributed by atoms with Crippen LogP contribution >= 0.6 is 0 Å². The molecule has 9 heteroatoms. The van der Waals surface area contributed by atoms with Crippen LogP contribution in [0.5, 0.6) is 11.5 Å². The average molecular weight is 483 g/mol. The van der Waals surface area contributed by atoms with Gasteiger partial charge in [0.15, 0.2) is 0 Å². The molecule has 0 radical (unpaired) electrons. The molecule has 0 atom stereocenters. The molecule has 178 valence electrons. The van der Waals surface area contributed by atoms with Gasteiger partial charge in [-0.2, -0.15) is 4.31 Å². The second kappa shape index (κ2) is 11.0. The predicted octanol–water partition coefficient (Wildman–Crippen LogP) is 4.20. The number of nitrogens with zero attached hydrogens (tertiary/aromatic N) is 1. The summed E-state index contributed by atoms with van der Waals surface area (Å²) in [5.74, 6) is -0.204. The largest absolute Gasteiger partial charge is 0.497 e. The molecule has 0 aliphatic heterocycles. The number of hydrogen-bond acceptors (Lipinski definition) is 6. The van der Waals surface area contributed by atoms with E-state index in [1.54, 1.807) is 63.4 Å². The molecular weight excluding hydrogens is 456 g/mol. The third-order valence-corrected chi connectivity index (χ3v) is 7.11. The van der Waals surface area contributed by atoms with Crippen LogP contribution in [0.4, 0.5) is 5.69 Å². The smallest absolute Gasteiger partial charge is 0.343 e. The second-order valence-electron chi connectivity index (χ2n) is 7.22. The number of benzene rings is 3. The highest BCUT2D eigenvalue weighted by molar-refractivity contribution is 7.89. The quantitative estimate of drug-likeness (QED) is 0.362. The highest BCUT2D eigenvalue weighted by Crippen LogP contribution is 2.22. The van der Waals surface area contributed by atoms with Gasteiger partial charge in [0.1, 0.15) is 11.5 Å². The third kappa shape index (κ3) is 5.81. The molecular formula is C25H26N2O6S. The number of methoxy groups -OCH3 is 1. The van der Waals surface area contributed by atoms with Crippen molar-refractivity contribution in [2.45, 2.75) is 18.7 Å². The van der Waals surface area contributed by atoms with Crippen molar-refractivity contribution >= 4 is 27.6 Å². The van der Waals surface area contributed by atoms with Gasteiger partial charge < -0.3 is 14.8 Å². The summed E-state index contributed by atoms with van der Waals surface area (Å²) in [5, 5.41) is 2.75. The number of carbonyl (C=O) groups is 2. The maximum absolute atomic E-state index is 12.8. The lowest BCUT2D eigenvalue weighted by Gasteiger charge is -2.18. The van der Waals surface area contributed by atoms with E-state index in [0.29, 0.717) is 30.1 Å². The van der Waals surface area contributed by atoms with Gasteiger partial charge in [-0.1, -0.05) is 26.0 Å². The maximum Gasteiger partial charge on any atom is 0.343 e. The van der Waals surface area contributed by atoms with Gasteiger partial charge in [-0.15, -0.1) is 0 Å². The van der Waals surface area contributed by atoms with E-state index in [1.165, 1.54) is 34.6 Å². The van der Waals surface area contributed by atoms with E-state index in [1.807, 2.05) is 0 Å². The monoisotopic (exact) mass is 482 g/mol. The number of amides is 1. The Morgan fingerprint density at radius 2 is 1.53 bits per heavy atom. The highest BCUT2D eigenvalue weighted by atomic mass is 32.2. The van der Waals surface area contributed by atoms with E-state index in [2.05, 4.69) is 5.32 Å². The van der Waals surface area contributed by atoms with Gasteiger partial charge in [-0.25, -0.2) is 13.2 Å². The molecule has 0 spiro atoms. The van der Waals surface area contributed by atoms with Crippen LogP contribution in [-0.4, -0.2) is 44.8 Å². The Labute approximate surface area is 199 Å². The standard InChI is InChI=1S/C25H26N2O6S/c1-4-27(5-2)34(30,31)23-11-6-8-19(16-23)25(29)33-22-10-7-9-20(17-22)26-24(28)18-12-14-21(32-3)15-13-18/h6-17H,4-5H2,1-3H3,(H,26,28). The zero-order valence-electron chi connectivity index (χ0n) is 19.1. The fourth-order valence-corrected chi connectivity index (χ4v) is 4.75. The first-order valence-electron chi connectivity index (χ1n) is 10.7. The van der Waals surface area contributed by atoms with Gasteiger partial charge in [0.2, 0.25) is 10.0 Å². The Kier molecular flexibility index (Phi) is 8.04. The van der Waals surface area contributed by atoms with Crippen molar-refractivity contribution in [2.75, 3.05) is 25.5 Å². The summed E-state index contributed by atoms with van der Waals surface area (Å²) in [6.07, 6.45) is 0. The lowest BCUT2D eigenvalue weighted by Crippen LogP contribution is -2.30. The summed E-state index contributed by atoms with van der Waals surface area (Å²) in [6, 6.07) is 18.7. The molecule has 0 saturated carbocycles. The van der Waals surface area contributed by atoms with Crippen LogP contribution in [0, 0.1) is 0 Å². The minimum atomic E-state index is -3.71. The van der Waals surface area contributed by atoms with Crippen LogP contribution in [0.3, 0.4) is 0 Å². The fraction of sp³-hybridized carbons (Fsp3) is 0.200. The van der Waals surface area contributed by atoms with E-state index >= 15 is 0 Å². The number of sulfonamides is 1. The number of ether oxygens (including phenoxy) is 2. The number of hydrogen-bond donors (Lipinski definition) is 1. The minimum absolute atomic E-state index is 0.0196. The van der Waals surface area contributed by atoms with Gasteiger partial charge in [-0.3, -0.25) is 4.79 Å². The first-order chi connectivity index (χ1) is 16.3. The molecule has 0 saturated heterocycles. The fourth-order valence-electron chi connectivity index (χ4n) is 3.25. The molecule has 0 aliphatic rings. The van der Waals surface area contributed by atoms with Crippen LogP contribution < -0.4 is 14.8 Å². The van der Waals surface area contributed by atoms with E-state index in [4.69, 9.17) is 9.47 Å². The molecule has 0 heterocycles. The molecule has 0 bridgehead atoms. The molecule has 0 unspecified atom stereocenters.